The number of hydrogen-bond acceptors (Lipinski definition) is 2. The topological polar surface area (TPSA) is 44.4 Å². The van der Waals surface area contributed by atoms with Crippen LogP contribution in [0.5, 0.6) is 0 Å². The largest absolute Gasteiger partial charge is 0.334 e. The van der Waals surface area contributed by atoms with E-state index in [4.69, 9.17) is 11.6 Å². The van der Waals surface area contributed by atoms with Gasteiger partial charge in [0.1, 0.15) is 0 Å². The molecule has 23 heavy (non-hydrogen) atoms. The van der Waals surface area contributed by atoms with Gasteiger partial charge in [-0.05, 0) is 49.8 Å². The Hall–Kier alpha value is -2.04. The Labute approximate surface area is 142 Å². The number of carbonyl (C=O) groups is 1. The van der Waals surface area contributed by atoms with Crippen LogP contribution in [-0.4, -0.2) is 25.0 Å². The number of benzene rings is 2. The maximum atomic E-state index is 12.0. The van der Waals surface area contributed by atoms with Crippen LogP contribution in [0.3, 0.4) is 0 Å². The highest BCUT2D eigenvalue weighted by Gasteiger charge is 2.05. The summed E-state index contributed by atoms with van der Waals surface area (Å²) in [5.74, 6) is 0. The fourth-order valence-electron chi connectivity index (χ4n) is 2.28. The van der Waals surface area contributed by atoms with E-state index in [9.17, 15) is 4.79 Å². The lowest BCUT2D eigenvalue weighted by atomic mass is 10.1. The van der Waals surface area contributed by atoms with E-state index < -0.39 is 0 Å². The van der Waals surface area contributed by atoms with Crippen molar-refractivity contribution in [2.45, 2.75) is 20.0 Å². The molecule has 0 bridgehead atoms. The van der Waals surface area contributed by atoms with Crippen LogP contribution in [0.2, 0.25) is 5.02 Å². The molecule has 0 saturated carbocycles. The Balaban J connectivity index is 1.93. The fourth-order valence-corrected chi connectivity index (χ4v) is 2.45. The van der Waals surface area contributed by atoms with Crippen LogP contribution >= 0.6 is 11.6 Å². The van der Waals surface area contributed by atoms with Crippen LogP contribution in [0.25, 0.3) is 0 Å². The maximum absolute atomic E-state index is 12.0. The average molecular weight is 332 g/mol. The van der Waals surface area contributed by atoms with Crippen molar-refractivity contribution < 1.29 is 4.79 Å². The van der Waals surface area contributed by atoms with Crippen LogP contribution < -0.4 is 10.6 Å². The first-order valence-corrected chi connectivity index (χ1v) is 7.85. The number of amides is 2. The molecule has 2 aromatic rings. The average Bonchev–Trinajstić information content (AvgIpc) is 2.49. The molecule has 122 valence electrons. The van der Waals surface area contributed by atoms with Gasteiger partial charge in [-0.2, -0.15) is 0 Å². The van der Waals surface area contributed by atoms with Gasteiger partial charge in [-0.3, -0.25) is 0 Å². The van der Waals surface area contributed by atoms with E-state index in [2.05, 4.69) is 27.7 Å². The highest BCUT2D eigenvalue weighted by molar-refractivity contribution is 6.31. The normalized spacial score (nSPS) is 10.7. The second kappa shape index (κ2) is 7.99. The summed E-state index contributed by atoms with van der Waals surface area (Å²) in [4.78, 5) is 14.2. The van der Waals surface area contributed by atoms with Crippen LogP contribution in [-0.2, 0) is 13.1 Å². The zero-order chi connectivity index (χ0) is 16.8. The van der Waals surface area contributed by atoms with Crippen molar-refractivity contribution in [1.82, 2.24) is 10.2 Å². The summed E-state index contributed by atoms with van der Waals surface area (Å²) in [6.45, 7) is 3.28. The minimum absolute atomic E-state index is 0.242. The van der Waals surface area contributed by atoms with Gasteiger partial charge in [-0.15, -0.1) is 0 Å². The van der Waals surface area contributed by atoms with E-state index in [1.807, 2.05) is 39.2 Å². The Kier molecular flexibility index (Phi) is 6.02. The third-order valence-corrected chi connectivity index (χ3v) is 3.63. The molecule has 0 radical (unpaired) electrons. The van der Waals surface area contributed by atoms with Crippen molar-refractivity contribution in [3.63, 3.8) is 0 Å². The van der Waals surface area contributed by atoms with Gasteiger partial charge in [-0.25, -0.2) is 4.79 Å². The van der Waals surface area contributed by atoms with Crippen molar-refractivity contribution in [1.29, 1.82) is 0 Å². The predicted octanol–water partition coefficient (Wildman–Crippen LogP) is 4.03. The summed E-state index contributed by atoms with van der Waals surface area (Å²) < 4.78 is 0. The second-order valence-corrected chi connectivity index (χ2v) is 6.26. The number of urea groups is 1. The van der Waals surface area contributed by atoms with Gasteiger partial charge >= 0.3 is 6.03 Å². The first-order chi connectivity index (χ1) is 10.9. The maximum Gasteiger partial charge on any atom is 0.319 e. The smallest absolute Gasteiger partial charge is 0.319 e. The third kappa shape index (κ3) is 5.58. The summed E-state index contributed by atoms with van der Waals surface area (Å²) in [7, 11) is 4.07. The van der Waals surface area contributed by atoms with E-state index in [0.29, 0.717) is 11.6 Å². The lowest BCUT2D eigenvalue weighted by Crippen LogP contribution is -2.28. The van der Waals surface area contributed by atoms with Gasteiger partial charge in [0, 0.05) is 23.8 Å². The summed E-state index contributed by atoms with van der Waals surface area (Å²) >= 11 is 5.96. The van der Waals surface area contributed by atoms with E-state index in [1.54, 1.807) is 12.1 Å². The van der Waals surface area contributed by atoms with Gasteiger partial charge in [0.25, 0.3) is 0 Å². The molecule has 0 aliphatic carbocycles. The number of hydrogen-bond donors (Lipinski definition) is 2. The predicted molar refractivity (Wildman–Crippen MR) is 95.9 cm³/mol. The molecule has 2 N–H and O–H groups in total. The van der Waals surface area contributed by atoms with Gasteiger partial charge in [0.15, 0.2) is 0 Å². The first kappa shape index (κ1) is 17.3. The Morgan fingerprint density at radius 2 is 1.87 bits per heavy atom. The summed E-state index contributed by atoms with van der Waals surface area (Å²) in [6.07, 6.45) is 0. The lowest BCUT2D eigenvalue weighted by molar-refractivity contribution is 0.251. The molecule has 5 heteroatoms. The van der Waals surface area contributed by atoms with E-state index in [0.717, 1.165) is 23.4 Å². The molecule has 2 rings (SSSR count). The number of nitrogens with one attached hydrogen (secondary N) is 2. The van der Waals surface area contributed by atoms with E-state index >= 15 is 0 Å². The zero-order valence-electron chi connectivity index (χ0n) is 13.7. The van der Waals surface area contributed by atoms with Gasteiger partial charge in [-0.1, -0.05) is 41.9 Å². The molecular weight excluding hydrogens is 310 g/mol. The highest BCUT2D eigenvalue weighted by Crippen LogP contribution is 2.20. The minimum Gasteiger partial charge on any atom is -0.334 e. The van der Waals surface area contributed by atoms with E-state index in [-0.39, 0.29) is 6.03 Å². The standard InChI is InChI=1S/C18H22ClN3O/c1-13-7-8-16(19)10-17(13)21-18(23)20-11-14-5-4-6-15(9-14)12-22(2)3/h4-10H,11-12H2,1-3H3,(H2,20,21,23). The molecular formula is C18H22ClN3O. The Morgan fingerprint density at radius 1 is 1.13 bits per heavy atom. The highest BCUT2D eigenvalue weighted by atomic mass is 35.5. The second-order valence-electron chi connectivity index (χ2n) is 5.82. The number of rotatable bonds is 5. The number of nitrogens with zero attached hydrogens (tertiary/aromatic N) is 1. The summed E-state index contributed by atoms with van der Waals surface area (Å²) in [5.41, 5.74) is 3.98. The minimum atomic E-state index is -0.242. The quantitative estimate of drug-likeness (QED) is 0.868. The van der Waals surface area contributed by atoms with Crippen molar-refractivity contribution in [3.05, 3.63) is 64.2 Å². The molecule has 2 aromatic carbocycles. The third-order valence-electron chi connectivity index (χ3n) is 3.39. The van der Waals surface area contributed by atoms with Gasteiger partial charge in [0.2, 0.25) is 0 Å². The van der Waals surface area contributed by atoms with Crippen LogP contribution in [0.15, 0.2) is 42.5 Å². The zero-order valence-corrected chi connectivity index (χ0v) is 14.4. The number of anilines is 1. The molecule has 0 spiro atoms. The molecule has 0 unspecified atom stereocenters. The SMILES string of the molecule is Cc1ccc(Cl)cc1NC(=O)NCc1cccc(CN(C)C)c1. The summed E-state index contributed by atoms with van der Waals surface area (Å²) in [6, 6.07) is 13.4. The molecule has 0 aromatic heterocycles. The Bertz CT molecular complexity index is 686. The molecule has 0 heterocycles. The molecule has 2 amide bonds. The van der Waals surface area contributed by atoms with Crippen molar-refractivity contribution in [3.8, 4) is 0 Å². The van der Waals surface area contributed by atoms with Gasteiger partial charge < -0.3 is 15.5 Å². The lowest BCUT2D eigenvalue weighted by Gasteiger charge is -2.12. The molecule has 0 atom stereocenters. The number of aryl methyl sites for hydroxylation is 1. The number of carbonyl (C=O) groups excluding carboxylic acids is 1. The van der Waals surface area contributed by atoms with Crippen molar-refractivity contribution in [2.75, 3.05) is 19.4 Å². The molecule has 0 aliphatic heterocycles. The molecule has 0 fully saturated rings. The monoisotopic (exact) mass is 331 g/mol. The molecule has 0 saturated heterocycles. The summed E-state index contributed by atoms with van der Waals surface area (Å²) in [5, 5.41) is 6.29. The molecule has 4 nitrogen and oxygen atoms in total. The van der Waals surface area contributed by atoms with Crippen LogP contribution in [0.4, 0.5) is 10.5 Å². The van der Waals surface area contributed by atoms with Gasteiger partial charge in [0.05, 0.1) is 0 Å². The Morgan fingerprint density at radius 3 is 2.61 bits per heavy atom. The van der Waals surface area contributed by atoms with Crippen molar-refractivity contribution >= 4 is 23.3 Å². The first-order valence-electron chi connectivity index (χ1n) is 7.47. The fraction of sp³-hybridized carbons (Fsp3) is 0.278. The van der Waals surface area contributed by atoms with Crippen LogP contribution in [0, 0.1) is 6.92 Å². The van der Waals surface area contributed by atoms with Crippen LogP contribution in [0.1, 0.15) is 16.7 Å². The van der Waals surface area contributed by atoms with Crippen molar-refractivity contribution in [2.24, 2.45) is 0 Å². The molecule has 0 aliphatic rings. The van der Waals surface area contributed by atoms with E-state index in [1.165, 1.54) is 5.56 Å². The number of halogens is 1.